The second-order valence-corrected chi connectivity index (χ2v) is 8.27. The molecule has 1 aliphatic rings. The number of nitrogens with zero attached hydrogens (tertiary/aromatic N) is 3. The van der Waals surface area contributed by atoms with Crippen molar-refractivity contribution in [2.75, 3.05) is 26.7 Å². The number of para-hydroxylation sites is 1. The van der Waals surface area contributed by atoms with E-state index in [1.54, 1.807) is 11.9 Å². The van der Waals surface area contributed by atoms with Crippen molar-refractivity contribution in [2.45, 2.75) is 32.9 Å². The highest BCUT2D eigenvalue weighted by molar-refractivity contribution is 6.05. The largest absolute Gasteiger partial charge is 0.452 e. The number of pyridine rings is 1. The molecule has 3 aromatic rings. The zero-order valence-corrected chi connectivity index (χ0v) is 18.7. The number of carbonyl (C=O) groups excluding carboxylic acids is 2. The van der Waals surface area contributed by atoms with Crippen LogP contribution >= 0.6 is 0 Å². The van der Waals surface area contributed by atoms with E-state index in [0.717, 1.165) is 53.7 Å². The molecule has 2 heterocycles. The topological polar surface area (TPSA) is 62.7 Å². The molecule has 0 unspecified atom stereocenters. The van der Waals surface area contributed by atoms with Crippen molar-refractivity contribution >= 4 is 22.8 Å². The zero-order valence-electron chi connectivity index (χ0n) is 18.7. The molecule has 1 aromatic heterocycles. The Morgan fingerprint density at radius 1 is 1.09 bits per heavy atom. The van der Waals surface area contributed by atoms with Gasteiger partial charge in [0.25, 0.3) is 5.91 Å². The average Bonchev–Trinajstić information content (AvgIpc) is 2.81. The van der Waals surface area contributed by atoms with E-state index in [1.165, 1.54) is 0 Å². The first kappa shape index (κ1) is 22.0. The molecule has 0 N–H and O–H groups in total. The monoisotopic (exact) mass is 431 g/mol. The molecule has 166 valence electrons. The predicted molar refractivity (Wildman–Crippen MR) is 124 cm³/mol. The van der Waals surface area contributed by atoms with Crippen molar-refractivity contribution in [3.8, 4) is 0 Å². The quantitative estimate of drug-likeness (QED) is 0.532. The van der Waals surface area contributed by atoms with Crippen LogP contribution in [0.5, 0.6) is 0 Å². The Morgan fingerprint density at radius 3 is 2.62 bits per heavy atom. The van der Waals surface area contributed by atoms with Gasteiger partial charge in [0, 0.05) is 49.7 Å². The lowest BCUT2D eigenvalue weighted by atomic mass is 9.95. The highest BCUT2D eigenvalue weighted by Crippen LogP contribution is 2.29. The van der Waals surface area contributed by atoms with Crippen LogP contribution in [-0.4, -0.2) is 53.4 Å². The number of rotatable bonds is 7. The van der Waals surface area contributed by atoms with E-state index < -0.39 is 5.97 Å². The van der Waals surface area contributed by atoms with E-state index in [4.69, 9.17) is 9.72 Å². The van der Waals surface area contributed by atoms with E-state index >= 15 is 0 Å². The number of carbonyl (C=O) groups is 2. The van der Waals surface area contributed by atoms with Gasteiger partial charge in [0.05, 0.1) is 11.1 Å². The lowest BCUT2D eigenvalue weighted by Gasteiger charge is -2.29. The molecule has 0 fully saturated rings. The van der Waals surface area contributed by atoms with Crippen molar-refractivity contribution < 1.29 is 14.3 Å². The van der Waals surface area contributed by atoms with Gasteiger partial charge in [-0.05, 0) is 24.6 Å². The Balaban J connectivity index is 1.54. The molecule has 0 spiro atoms. The molecule has 1 amide bonds. The van der Waals surface area contributed by atoms with Crippen LogP contribution in [0.25, 0.3) is 10.9 Å². The fourth-order valence-corrected chi connectivity index (χ4v) is 4.24. The summed E-state index contributed by atoms with van der Waals surface area (Å²) in [4.78, 5) is 34.6. The second kappa shape index (κ2) is 9.92. The Kier molecular flexibility index (Phi) is 6.81. The molecule has 0 aliphatic carbocycles. The first-order valence-corrected chi connectivity index (χ1v) is 11.1. The van der Waals surface area contributed by atoms with Gasteiger partial charge in [0.1, 0.15) is 0 Å². The summed E-state index contributed by atoms with van der Waals surface area (Å²) in [6.07, 6.45) is 1.86. The summed E-state index contributed by atoms with van der Waals surface area (Å²) in [6, 6.07) is 17.4. The van der Waals surface area contributed by atoms with Gasteiger partial charge < -0.3 is 9.64 Å². The van der Waals surface area contributed by atoms with E-state index in [1.807, 2.05) is 54.6 Å². The lowest BCUT2D eigenvalue weighted by Crippen LogP contribution is -2.34. The van der Waals surface area contributed by atoms with Gasteiger partial charge in [-0.1, -0.05) is 55.5 Å². The molecule has 0 radical (unpaired) electrons. The summed E-state index contributed by atoms with van der Waals surface area (Å²) in [5, 5.41) is 0.777. The number of likely N-dealkylation sites (N-methyl/N-ethyl adjacent to an activating group) is 1. The van der Waals surface area contributed by atoms with Gasteiger partial charge in [-0.15, -0.1) is 0 Å². The van der Waals surface area contributed by atoms with Crippen LogP contribution in [0.15, 0.2) is 54.6 Å². The van der Waals surface area contributed by atoms with Crippen LogP contribution in [-0.2, 0) is 29.0 Å². The maximum Gasteiger partial charge on any atom is 0.339 e. The van der Waals surface area contributed by atoms with Gasteiger partial charge in [-0.25, -0.2) is 4.79 Å². The van der Waals surface area contributed by atoms with Crippen LogP contribution in [0.3, 0.4) is 0 Å². The number of aromatic nitrogens is 1. The number of esters is 1. The summed E-state index contributed by atoms with van der Waals surface area (Å²) in [5.41, 5.74) is 4.24. The lowest BCUT2D eigenvalue weighted by molar-refractivity contribution is -0.133. The number of hydrogen-bond donors (Lipinski definition) is 0. The average molecular weight is 432 g/mol. The fraction of sp³-hybridized carbons (Fsp3) is 0.346. The standard InChI is InChI=1S/C26H29N3O3/c1-3-14-29-15-13-23-21(17-29)25(20-11-7-8-12-22(20)27-23)26(31)32-18-24(30)28(2)16-19-9-5-4-6-10-19/h4-12H,3,13-18H2,1-2H3. The minimum atomic E-state index is -0.459. The summed E-state index contributed by atoms with van der Waals surface area (Å²) in [7, 11) is 1.72. The maximum atomic E-state index is 13.2. The smallest absolute Gasteiger partial charge is 0.339 e. The highest BCUT2D eigenvalue weighted by Gasteiger charge is 2.27. The molecule has 2 aromatic carbocycles. The summed E-state index contributed by atoms with van der Waals surface area (Å²) < 4.78 is 5.54. The number of amides is 1. The zero-order chi connectivity index (χ0) is 22.5. The third-order valence-electron chi connectivity index (χ3n) is 5.88. The van der Waals surface area contributed by atoms with Crippen LogP contribution in [0.2, 0.25) is 0 Å². The van der Waals surface area contributed by atoms with Crippen molar-refractivity contribution in [2.24, 2.45) is 0 Å². The van der Waals surface area contributed by atoms with Crippen molar-refractivity contribution in [1.29, 1.82) is 0 Å². The van der Waals surface area contributed by atoms with E-state index in [2.05, 4.69) is 11.8 Å². The van der Waals surface area contributed by atoms with E-state index in [-0.39, 0.29) is 12.5 Å². The Hall–Kier alpha value is -3.25. The van der Waals surface area contributed by atoms with Crippen LogP contribution in [0, 0.1) is 0 Å². The Labute approximate surface area is 188 Å². The first-order valence-electron chi connectivity index (χ1n) is 11.1. The molecular weight excluding hydrogens is 402 g/mol. The third-order valence-corrected chi connectivity index (χ3v) is 5.88. The minimum absolute atomic E-state index is 0.234. The van der Waals surface area contributed by atoms with Crippen molar-refractivity contribution in [3.05, 3.63) is 77.0 Å². The summed E-state index contributed by atoms with van der Waals surface area (Å²) in [6.45, 7) is 4.92. The molecule has 32 heavy (non-hydrogen) atoms. The third kappa shape index (κ3) is 4.81. The van der Waals surface area contributed by atoms with Gasteiger partial charge in [0.15, 0.2) is 6.61 Å². The second-order valence-electron chi connectivity index (χ2n) is 8.27. The van der Waals surface area contributed by atoms with Crippen molar-refractivity contribution in [1.82, 2.24) is 14.8 Å². The molecule has 0 bridgehead atoms. The molecule has 0 saturated heterocycles. The number of ether oxygens (including phenoxy) is 1. The Morgan fingerprint density at radius 2 is 1.84 bits per heavy atom. The van der Waals surface area contributed by atoms with E-state index in [9.17, 15) is 9.59 Å². The van der Waals surface area contributed by atoms with E-state index in [0.29, 0.717) is 18.7 Å². The Bertz CT molecular complexity index is 1110. The molecule has 1 aliphatic heterocycles. The van der Waals surface area contributed by atoms with Gasteiger partial charge in [-0.3, -0.25) is 14.7 Å². The maximum absolute atomic E-state index is 13.2. The van der Waals surface area contributed by atoms with Crippen molar-refractivity contribution in [3.63, 3.8) is 0 Å². The van der Waals surface area contributed by atoms with Crippen LogP contribution in [0.1, 0.15) is 40.5 Å². The highest BCUT2D eigenvalue weighted by atomic mass is 16.5. The fourth-order valence-electron chi connectivity index (χ4n) is 4.24. The molecule has 0 saturated carbocycles. The number of benzene rings is 2. The molecule has 4 rings (SSSR count). The summed E-state index contributed by atoms with van der Waals surface area (Å²) in [5.74, 6) is -0.693. The first-order chi connectivity index (χ1) is 15.6. The predicted octanol–water partition coefficient (Wildman–Crippen LogP) is 3.82. The molecule has 6 nitrogen and oxygen atoms in total. The number of hydrogen-bond acceptors (Lipinski definition) is 5. The van der Waals surface area contributed by atoms with Gasteiger partial charge >= 0.3 is 5.97 Å². The number of fused-ring (bicyclic) bond motifs is 2. The SMILES string of the molecule is CCCN1CCc2nc3ccccc3c(C(=O)OCC(=O)N(C)Cc3ccccc3)c2C1. The molecule has 0 atom stereocenters. The molecular formula is C26H29N3O3. The normalized spacial score (nSPS) is 13.6. The van der Waals surface area contributed by atoms with Crippen LogP contribution in [0.4, 0.5) is 0 Å². The van der Waals surface area contributed by atoms with Crippen LogP contribution < -0.4 is 0 Å². The summed E-state index contributed by atoms with van der Waals surface area (Å²) >= 11 is 0. The molecule has 6 heteroatoms. The minimum Gasteiger partial charge on any atom is -0.452 e. The van der Waals surface area contributed by atoms with Gasteiger partial charge in [0.2, 0.25) is 0 Å². The van der Waals surface area contributed by atoms with Gasteiger partial charge in [-0.2, -0.15) is 0 Å².